The van der Waals surface area contributed by atoms with Crippen LogP contribution in [0.1, 0.15) is 80.3 Å². The van der Waals surface area contributed by atoms with Gasteiger partial charge in [0.2, 0.25) is 0 Å². The topological polar surface area (TPSA) is 85.0 Å². The fourth-order valence-corrected chi connectivity index (χ4v) is 7.00. The predicted octanol–water partition coefficient (Wildman–Crippen LogP) is 7.68. The zero-order valence-corrected chi connectivity index (χ0v) is 24.6. The number of piperidine rings is 1. The molecule has 2 fully saturated rings. The summed E-state index contributed by atoms with van der Waals surface area (Å²) in [7, 11) is 0. The van der Waals surface area contributed by atoms with Crippen LogP contribution in [0, 0.1) is 18.8 Å². The highest BCUT2D eigenvalue weighted by Gasteiger charge is 2.43. The molecule has 43 heavy (non-hydrogen) atoms. The fraction of sp³-hybridized carbons (Fsp3) is 0.515. The Balaban J connectivity index is 1.20. The Labute approximate surface area is 249 Å². The van der Waals surface area contributed by atoms with Crippen molar-refractivity contribution < 1.29 is 37.1 Å². The predicted molar refractivity (Wildman–Crippen MR) is 153 cm³/mol. The van der Waals surface area contributed by atoms with E-state index in [4.69, 9.17) is 9.26 Å². The molecule has 1 saturated heterocycles. The molecule has 2 aromatic carbocycles. The normalized spacial score (nSPS) is 20.6. The number of alkyl halides is 3. The van der Waals surface area contributed by atoms with Crippen molar-refractivity contribution in [1.82, 2.24) is 10.1 Å². The molecule has 6 rings (SSSR count). The van der Waals surface area contributed by atoms with Gasteiger partial charge in [-0.25, -0.2) is 0 Å². The van der Waals surface area contributed by atoms with Crippen molar-refractivity contribution in [2.75, 3.05) is 13.1 Å². The minimum absolute atomic E-state index is 0.0301. The number of carboxylic acid groups (broad SMARTS) is 1. The van der Waals surface area contributed by atoms with Crippen LogP contribution < -0.4 is 9.47 Å². The van der Waals surface area contributed by atoms with E-state index in [-0.39, 0.29) is 23.3 Å². The molecule has 0 radical (unpaired) electrons. The van der Waals surface area contributed by atoms with Gasteiger partial charge in [-0.15, -0.1) is 13.2 Å². The molecule has 1 aromatic heterocycles. The molecule has 3 aliphatic rings. The van der Waals surface area contributed by atoms with Gasteiger partial charge in [0.25, 0.3) is 0 Å². The molecule has 1 saturated carbocycles. The van der Waals surface area contributed by atoms with Gasteiger partial charge in [0.05, 0.1) is 11.6 Å². The molecular formula is C33H37F3N2O5. The third-order valence-electron chi connectivity index (χ3n) is 9.71. The summed E-state index contributed by atoms with van der Waals surface area (Å²) in [6, 6.07) is 10.6. The van der Waals surface area contributed by atoms with E-state index in [2.05, 4.69) is 33.0 Å². The minimum Gasteiger partial charge on any atom is -0.487 e. The number of ether oxygens (including phenoxy) is 2. The highest BCUT2D eigenvalue weighted by atomic mass is 19.4. The molecule has 2 unspecified atom stereocenters. The number of carbonyl (C=O) groups is 1. The van der Waals surface area contributed by atoms with Gasteiger partial charge in [-0.1, -0.05) is 30.3 Å². The molecule has 7 nitrogen and oxygen atoms in total. The maximum absolute atomic E-state index is 13.3. The standard InChI is InChI=1S/C33H37F3N2O5/c1-19(31(39)40)30(23-5-6-23)25-7-4-22-10-11-32(42-29(22)17-25)12-14-38(15-13-32)21(3)26-16-24(27-18-41-37-20(27)2)8-9-28(26)43-33(34,35)36/h4,7-9,16-19,21,23,30H,5-6,10-15H2,1-3H3,(H,39,40)/t19-,21?,30?/m0/s1. The van der Waals surface area contributed by atoms with Crippen molar-refractivity contribution in [2.45, 2.75) is 83.2 Å². The van der Waals surface area contributed by atoms with E-state index in [0.717, 1.165) is 61.0 Å². The molecule has 1 spiro atoms. The second kappa shape index (κ2) is 11.2. The van der Waals surface area contributed by atoms with E-state index in [1.165, 1.54) is 12.3 Å². The van der Waals surface area contributed by atoms with E-state index >= 15 is 0 Å². The molecule has 2 aliphatic heterocycles. The summed E-state index contributed by atoms with van der Waals surface area (Å²) >= 11 is 0. The van der Waals surface area contributed by atoms with Gasteiger partial charge in [-0.05, 0) is 99.1 Å². The first kappa shape index (κ1) is 29.5. The molecule has 10 heteroatoms. The zero-order valence-electron chi connectivity index (χ0n) is 24.6. The van der Waals surface area contributed by atoms with Gasteiger partial charge in [0, 0.05) is 30.3 Å². The summed E-state index contributed by atoms with van der Waals surface area (Å²) in [5.74, 6) is -0.256. The van der Waals surface area contributed by atoms with E-state index in [1.54, 1.807) is 26.0 Å². The Bertz CT molecular complexity index is 1490. The van der Waals surface area contributed by atoms with Crippen molar-refractivity contribution in [1.29, 1.82) is 0 Å². The summed E-state index contributed by atoms with van der Waals surface area (Å²) in [5, 5.41) is 13.6. The molecule has 230 valence electrons. The van der Waals surface area contributed by atoms with Crippen LogP contribution >= 0.6 is 0 Å². The maximum Gasteiger partial charge on any atom is 0.573 e. The van der Waals surface area contributed by atoms with Gasteiger partial charge in [-0.3, -0.25) is 9.69 Å². The number of fused-ring (bicyclic) bond motifs is 1. The smallest absolute Gasteiger partial charge is 0.487 e. The van der Waals surface area contributed by atoms with Crippen molar-refractivity contribution in [3.05, 3.63) is 65.0 Å². The minimum atomic E-state index is -4.81. The third kappa shape index (κ3) is 6.12. The lowest BCUT2D eigenvalue weighted by molar-refractivity contribution is -0.275. The molecular weight excluding hydrogens is 561 g/mol. The van der Waals surface area contributed by atoms with Gasteiger partial charge >= 0.3 is 12.3 Å². The first-order valence-corrected chi connectivity index (χ1v) is 15.0. The number of likely N-dealkylation sites (tertiary alicyclic amines) is 1. The van der Waals surface area contributed by atoms with Crippen LogP contribution in [0.5, 0.6) is 11.5 Å². The molecule has 3 atom stereocenters. The second-order valence-corrected chi connectivity index (χ2v) is 12.5. The first-order valence-electron chi connectivity index (χ1n) is 15.0. The largest absolute Gasteiger partial charge is 0.573 e. The van der Waals surface area contributed by atoms with E-state index in [9.17, 15) is 23.1 Å². The Morgan fingerprint density at radius 3 is 2.49 bits per heavy atom. The average molecular weight is 599 g/mol. The summed E-state index contributed by atoms with van der Waals surface area (Å²) in [4.78, 5) is 14.0. The molecule has 0 amide bonds. The van der Waals surface area contributed by atoms with Gasteiger partial charge in [-0.2, -0.15) is 0 Å². The van der Waals surface area contributed by atoms with E-state index in [1.807, 2.05) is 6.92 Å². The van der Waals surface area contributed by atoms with Crippen LogP contribution in [0.25, 0.3) is 11.1 Å². The van der Waals surface area contributed by atoms with Crippen LogP contribution in [-0.2, 0) is 11.2 Å². The SMILES string of the molecule is Cc1nocc1-c1ccc(OC(F)(F)F)c(C(C)N2CCC3(CCc4ccc(C(C5CC5)[C@H](C)C(=O)O)cc4O3)CC2)c1. The highest BCUT2D eigenvalue weighted by molar-refractivity contribution is 5.71. The molecule has 1 aliphatic carbocycles. The number of rotatable bonds is 8. The van der Waals surface area contributed by atoms with Crippen molar-refractivity contribution >= 4 is 5.97 Å². The number of aryl methyl sites for hydroxylation is 2. The Hall–Kier alpha value is -3.53. The maximum atomic E-state index is 13.3. The number of hydrogen-bond acceptors (Lipinski definition) is 6. The Morgan fingerprint density at radius 2 is 1.86 bits per heavy atom. The molecule has 3 aromatic rings. The summed E-state index contributed by atoms with van der Waals surface area (Å²) < 4.78 is 56.2. The number of hydrogen-bond donors (Lipinski definition) is 1. The van der Waals surface area contributed by atoms with Crippen LogP contribution in [0.3, 0.4) is 0 Å². The molecule has 1 N–H and O–H groups in total. The van der Waals surface area contributed by atoms with E-state index in [0.29, 0.717) is 35.8 Å². The summed E-state index contributed by atoms with van der Waals surface area (Å²) in [5.41, 5.74) is 4.35. The number of benzene rings is 2. The first-order chi connectivity index (χ1) is 20.4. The lowest BCUT2D eigenvalue weighted by atomic mass is 9.80. The fourth-order valence-electron chi connectivity index (χ4n) is 7.00. The van der Waals surface area contributed by atoms with Crippen molar-refractivity contribution in [3.63, 3.8) is 0 Å². The number of aliphatic carboxylic acids is 1. The van der Waals surface area contributed by atoms with Gasteiger partial charge in [0.1, 0.15) is 23.4 Å². The van der Waals surface area contributed by atoms with Gasteiger partial charge in [0.15, 0.2) is 0 Å². The zero-order chi connectivity index (χ0) is 30.5. The monoisotopic (exact) mass is 598 g/mol. The second-order valence-electron chi connectivity index (χ2n) is 12.5. The average Bonchev–Trinajstić information content (AvgIpc) is 3.71. The Morgan fingerprint density at radius 1 is 1.12 bits per heavy atom. The van der Waals surface area contributed by atoms with E-state index < -0.39 is 18.2 Å². The number of halogens is 3. The van der Waals surface area contributed by atoms with Crippen LogP contribution in [-0.4, -0.2) is 46.2 Å². The van der Waals surface area contributed by atoms with Gasteiger partial charge < -0.3 is 19.1 Å². The quantitative estimate of drug-likeness (QED) is 0.285. The lowest BCUT2D eigenvalue weighted by Crippen LogP contribution is -2.50. The van der Waals surface area contributed by atoms with Crippen LogP contribution in [0.2, 0.25) is 0 Å². The summed E-state index contributed by atoms with van der Waals surface area (Å²) in [6.45, 7) is 6.79. The van der Waals surface area contributed by atoms with Crippen LogP contribution in [0.15, 0.2) is 47.2 Å². The lowest BCUT2D eigenvalue weighted by Gasteiger charge is -2.46. The highest BCUT2D eigenvalue weighted by Crippen LogP contribution is 2.49. The third-order valence-corrected chi connectivity index (χ3v) is 9.71. The van der Waals surface area contributed by atoms with Crippen LogP contribution in [0.4, 0.5) is 13.2 Å². The number of nitrogens with zero attached hydrogens (tertiary/aromatic N) is 2. The summed E-state index contributed by atoms with van der Waals surface area (Å²) in [6.07, 6.45) is 1.99. The molecule has 0 bridgehead atoms. The number of carboxylic acids is 1. The molecule has 3 heterocycles. The number of aromatic nitrogens is 1. The van der Waals surface area contributed by atoms with Crippen molar-refractivity contribution in [2.24, 2.45) is 11.8 Å². The van der Waals surface area contributed by atoms with Crippen molar-refractivity contribution in [3.8, 4) is 22.6 Å². The Kier molecular flexibility index (Phi) is 7.69.